The van der Waals surface area contributed by atoms with E-state index in [9.17, 15) is 0 Å². The standard InChI is InChI=1S/C28H25BrClN3O3S/c1-17-6-8-19(20(29)15-17)23-10-11-25(36-23)27-26(22-5-3-4-12-31-22)32-28(37)33(27)18-7-9-24(21(30)16-18)35-14-13-34-2/h3-12,15-16,26-27H,13-14H2,1-2H3,(H,32,37)/t26-,27-/m1/s1. The fourth-order valence-corrected chi connectivity index (χ4v) is 5.65. The van der Waals surface area contributed by atoms with Crippen molar-refractivity contribution in [3.8, 4) is 17.1 Å². The fourth-order valence-electron chi connectivity index (χ4n) is 4.39. The van der Waals surface area contributed by atoms with E-state index in [1.165, 1.54) is 5.56 Å². The molecule has 0 bridgehead atoms. The third-order valence-electron chi connectivity index (χ3n) is 6.15. The maximum Gasteiger partial charge on any atom is 0.174 e. The molecule has 1 aliphatic heterocycles. The molecule has 190 valence electrons. The number of rotatable bonds is 8. The molecule has 3 heterocycles. The largest absolute Gasteiger partial charge is 0.490 e. The van der Waals surface area contributed by atoms with Crippen LogP contribution in [0.1, 0.15) is 29.1 Å². The van der Waals surface area contributed by atoms with E-state index in [2.05, 4.69) is 51.4 Å². The molecule has 9 heteroatoms. The molecule has 0 amide bonds. The highest BCUT2D eigenvalue weighted by molar-refractivity contribution is 9.10. The molecule has 0 spiro atoms. The number of furan rings is 1. The van der Waals surface area contributed by atoms with Gasteiger partial charge in [-0.25, -0.2) is 0 Å². The number of aromatic nitrogens is 1. The minimum atomic E-state index is -0.295. The number of nitrogens with zero attached hydrogens (tertiary/aromatic N) is 2. The van der Waals surface area contributed by atoms with E-state index in [1.54, 1.807) is 13.3 Å². The molecule has 6 nitrogen and oxygen atoms in total. The van der Waals surface area contributed by atoms with Crippen molar-refractivity contribution >= 4 is 50.5 Å². The minimum Gasteiger partial charge on any atom is -0.490 e. The second-order valence-electron chi connectivity index (χ2n) is 8.64. The first-order valence-corrected chi connectivity index (χ1v) is 13.3. The Kier molecular flexibility index (Phi) is 7.81. The van der Waals surface area contributed by atoms with Crippen molar-refractivity contribution in [1.82, 2.24) is 10.3 Å². The molecule has 5 rings (SSSR count). The van der Waals surface area contributed by atoms with Crippen molar-refractivity contribution in [2.45, 2.75) is 19.0 Å². The summed E-state index contributed by atoms with van der Waals surface area (Å²) in [5.74, 6) is 2.10. The normalized spacial score (nSPS) is 17.2. The molecule has 4 aromatic rings. The number of thiocarbonyl (C=S) groups is 1. The molecule has 1 aliphatic rings. The quantitative estimate of drug-likeness (QED) is 0.169. The van der Waals surface area contributed by atoms with Crippen LogP contribution >= 0.6 is 39.7 Å². The molecule has 1 N–H and O–H groups in total. The van der Waals surface area contributed by atoms with Crippen LogP contribution in [0, 0.1) is 6.92 Å². The van der Waals surface area contributed by atoms with Gasteiger partial charge in [-0.05, 0) is 79.3 Å². The third-order valence-corrected chi connectivity index (χ3v) is 7.41. The number of methoxy groups -OCH3 is 1. The van der Waals surface area contributed by atoms with Gasteiger partial charge in [0, 0.05) is 29.0 Å². The summed E-state index contributed by atoms with van der Waals surface area (Å²) in [6, 6.07) is 21.1. The van der Waals surface area contributed by atoms with Gasteiger partial charge < -0.3 is 24.1 Å². The maximum atomic E-state index is 6.60. The van der Waals surface area contributed by atoms with Gasteiger partial charge in [0.25, 0.3) is 0 Å². The highest BCUT2D eigenvalue weighted by atomic mass is 79.9. The Morgan fingerprint density at radius 2 is 1.97 bits per heavy atom. The van der Waals surface area contributed by atoms with Crippen LogP contribution in [0.5, 0.6) is 5.75 Å². The third kappa shape index (κ3) is 5.38. The van der Waals surface area contributed by atoms with Gasteiger partial charge in [-0.3, -0.25) is 4.98 Å². The van der Waals surface area contributed by atoms with Crippen LogP contribution in [-0.4, -0.2) is 30.4 Å². The lowest BCUT2D eigenvalue weighted by atomic mass is 10.0. The highest BCUT2D eigenvalue weighted by Crippen LogP contribution is 2.44. The van der Waals surface area contributed by atoms with Gasteiger partial charge in [0.2, 0.25) is 0 Å². The van der Waals surface area contributed by atoms with Crippen molar-refractivity contribution in [3.63, 3.8) is 0 Å². The van der Waals surface area contributed by atoms with Crippen LogP contribution in [0.25, 0.3) is 11.3 Å². The van der Waals surface area contributed by atoms with Gasteiger partial charge in [0.05, 0.1) is 23.4 Å². The summed E-state index contributed by atoms with van der Waals surface area (Å²) < 4.78 is 18.3. The zero-order valence-corrected chi connectivity index (χ0v) is 23.4. The SMILES string of the molecule is COCCOc1ccc(N2C(=S)N[C@H](c3ccccn3)[C@H]2c2ccc(-c3ccc(C)cc3Br)o2)cc1Cl. The van der Waals surface area contributed by atoms with Gasteiger partial charge >= 0.3 is 0 Å². The van der Waals surface area contributed by atoms with Crippen LogP contribution in [0.4, 0.5) is 5.69 Å². The monoisotopic (exact) mass is 597 g/mol. The Morgan fingerprint density at radius 1 is 1.11 bits per heavy atom. The Balaban J connectivity index is 1.54. The van der Waals surface area contributed by atoms with Crippen molar-refractivity contribution in [3.05, 3.63) is 99.4 Å². The lowest BCUT2D eigenvalue weighted by Gasteiger charge is -2.26. The Hall–Kier alpha value is -2.91. The van der Waals surface area contributed by atoms with Crippen LogP contribution in [0.3, 0.4) is 0 Å². The summed E-state index contributed by atoms with van der Waals surface area (Å²) in [7, 11) is 1.63. The number of halogens is 2. The first-order valence-electron chi connectivity index (χ1n) is 11.7. The molecular weight excluding hydrogens is 574 g/mol. The van der Waals surface area contributed by atoms with E-state index >= 15 is 0 Å². The molecule has 37 heavy (non-hydrogen) atoms. The molecule has 1 saturated heterocycles. The molecule has 0 aliphatic carbocycles. The van der Waals surface area contributed by atoms with E-state index < -0.39 is 0 Å². The number of pyridine rings is 1. The average Bonchev–Trinajstić information content (AvgIpc) is 3.50. The Labute approximate surface area is 234 Å². The number of hydrogen-bond donors (Lipinski definition) is 1. The summed E-state index contributed by atoms with van der Waals surface area (Å²) in [4.78, 5) is 6.63. The number of anilines is 1. The Morgan fingerprint density at radius 3 is 2.70 bits per heavy atom. The lowest BCUT2D eigenvalue weighted by molar-refractivity contribution is 0.146. The second-order valence-corrected chi connectivity index (χ2v) is 10.3. The number of benzene rings is 2. The summed E-state index contributed by atoms with van der Waals surface area (Å²) >= 11 is 16.1. The number of nitrogens with one attached hydrogen (secondary N) is 1. The zero-order chi connectivity index (χ0) is 25.9. The van der Waals surface area contributed by atoms with E-state index in [0.717, 1.165) is 32.9 Å². The number of ether oxygens (including phenoxy) is 2. The van der Waals surface area contributed by atoms with Gasteiger partial charge in [-0.2, -0.15) is 0 Å². The first kappa shape index (κ1) is 25.7. The maximum absolute atomic E-state index is 6.60. The van der Waals surface area contributed by atoms with Crippen molar-refractivity contribution in [1.29, 1.82) is 0 Å². The van der Waals surface area contributed by atoms with Gasteiger partial charge in [-0.1, -0.05) is 39.7 Å². The van der Waals surface area contributed by atoms with E-state index in [-0.39, 0.29) is 12.1 Å². The molecule has 0 saturated carbocycles. The van der Waals surface area contributed by atoms with Crippen LogP contribution < -0.4 is 15.0 Å². The summed E-state index contributed by atoms with van der Waals surface area (Å²) in [5, 5.41) is 4.49. The summed E-state index contributed by atoms with van der Waals surface area (Å²) in [5.41, 5.74) is 3.82. The summed E-state index contributed by atoms with van der Waals surface area (Å²) in [6.07, 6.45) is 1.78. The Bertz CT molecular complexity index is 1420. The summed E-state index contributed by atoms with van der Waals surface area (Å²) in [6.45, 7) is 2.94. The fraction of sp³-hybridized carbons (Fsp3) is 0.214. The van der Waals surface area contributed by atoms with Crippen LogP contribution in [-0.2, 0) is 4.74 Å². The average molecular weight is 599 g/mol. The predicted octanol–water partition coefficient (Wildman–Crippen LogP) is 7.27. The number of aryl methyl sites for hydroxylation is 1. The van der Waals surface area contributed by atoms with Crippen molar-refractivity contribution in [2.24, 2.45) is 0 Å². The van der Waals surface area contributed by atoms with Gasteiger partial charge in [0.1, 0.15) is 29.9 Å². The van der Waals surface area contributed by atoms with E-state index in [0.29, 0.717) is 29.1 Å². The van der Waals surface area contributed by atoms with E-state index in [4.69, 9.17) is 37.7 Å². The predicted molar refractivity (Wildman–Crippen MR) is 153 cm³/mol. The molecule has 2 atom stereocenters. The van der Waals surface area contributed by atoms with Gasteiger partial charge in [0.15, 0.2) is 5.11 Å². The van der Waals surface area contributed by atoms with Crippen molar-refractivity contribution in [2.75, 3.05) is 25.2 Å². The smallest absolute Gasteiger partial charge is 0.174 e. The van der Waals surface area contributed by atoms with Gasteiger partial charge in [-0.15, -0.1) is 0 Å². The molecule has 0 unspecified atom stereocenters. The first-order chi connectivity index (χ1) is 18.0. The lowest BCUT2D eigenvalue weighted by Crippen LogP contribution is -2.29. The molecular formula is C28H25BrClN3O3S. The molecule has 0 radical (unpaired) electrons. The molecule has 2 aromatic carbocycles. The second kappa shape index (κ2) is 11.2. The molecule has 1 fully saturated rings. The van der Waals surface area contributed by atoms with Crippen LogP contribution in [0.15, 0.2) is 81.8 Å². The highest BCUT2D eigenvalue weighted by Gasteiger charge is 2.42. The van der Waals surface area contributed by atoms with Crippen LogP contribution in [0.2, 0.25) is 5.02 Å². The molecule has 2 aromatic heterocycles. The zero-order valence-electron chi connectivity index (χ0n) is 20.3. The number of hydrogen-bond acceptors (Lipinski definition) is 5. The topological polar surface area (TPSA) is 59.8 Å². The van der Waals surface area contributed by atoms with E-state index in [1.807, 2.05) is 53.4 Å². The minimum absolute atomic E-state index is 0.231. The van der Waals surface area contributed by atoms with Crippen molar-refractivity contribution < 1.29 is 13.9 Å².